The van der Waals surface area contributed by atoms with E-state index in [2.05, 4.69) is 5.32 Å². The fourth-order valence-electron chi connectivity index (χ4n) is 3.44. The fourth-order valence-corrected chi connectivity index (χ4v) is 3.44. The number of carbonyl (C=O) groups is 1. The van der Waals surface area contributed by atoms with Gasteiger partial charge < -0.3 is 14.8 Å². The molecule has 0 bridgehead atoms. The highest BCUT2D eigenvalue weighted by Gasteiger charge is 2.34. The summed E-state index contributed by atoms with van der Waals surface area (Å²) in [6.45, 7) is 2.19. The van der Waals surface area contributed by atoms with Gasteiger partial charge in [0.25, 0.3) is 5.91 Å². The number of amides is 1. The predicted molar refractivity (Wildman–Crippen MR) is 87.5 cm³/mol. The summed E-state index contributed by atoms with van der Waals surface area (Å²) in [5.74, 6) is -0.429. The fraction of sp³-hybridized carbons (Fsp3) is 0.444. The topological polar surface area (TPSA) is 79.5 Å². The first-order valence-electron chi connectivity index (χ1n) is 7.98. The Balaban J connectivity index is 1.88. The van der Waals surface area contributed by atoms with Gasteiger partial charge in [0.05, 0.1) is 6.61 Å². The number of hydrogen-bond acceptors (Lipinski definition) is 4. The third-order valence-electron chi connectivity index (χ3n) is 4.92. The van der Waals surface area contributed by atoms with E-state index in [0.29, 0.717) is 17.7 Å². The first kappa shape index (κ1) is 15.7. The summed E-state index contributed by atoms with van der Waals surface area (Å²) in [4.78, 5) is 24.7. The van der Waals surface area contributed by atoms with E-state index in [-0.39, 0.29) is 17.6 Å². The lowest BCUT2D eigenvalue weighted by molar-refractivity contribution is 0.0877. The minimum atomic E-state index is -0.622. The average Bonchev–Trinajstić information content (AvgIpc) is 3.02. The SMILES string of the molecule is Cc1c(C(=O)NCC2(CO)CCCC2)c(=O)oc2ccccc12. The highest BCUT2D eigenvalue weighted by Crippen LogP contribution is 2.36. The average molecular weight is 315 g/mol. The third-order valence-corrected chi connectivity index (χ3v) is 4.92. The van der Waals surface area contributed by atoms with Gasteiger partial charge >= 0.3 is 5.63 Å². The first-order chi connectivity index (χ1) is 11.1. The number of hydrogen-bond donors (Lipinski definition) is 2. The van der Waals surface area contributed by atoms with Crippen LogP contribution in [0.1, 0.15) is 41.6 Å². The zero-order valence-corrected chi connectivity index (χ0v) is 13.2. The van der Waals surface area contributed by atoms with Gasteiger partial charge in [0.15, 0.2) is 0 Å². The van der Waals surface area contributed by atoms with Crippen molar-refractivity contribution in [1.82, 2.24) is 5.32 Å². The van der Waals surface area contributed by atoms with Gasteiger partial charge in [-0.15, -0.1) is 0 Å². The van der Waals surface area contributed by atoms with Gasteiger partial charge in [-0.2, -0.15) is 0 Å². The second-order valence-electron chi connectivity index (χ2n) is 6.43. The summed E-state index contributed by atoms with van der Waals surface area (Å²) in [7, 11) is 0. The lowest BCUT2D eigenvalue weighted by Gasteiger charge is -2.26. The molecular formula is C18H21NO4. The second kappa shape index (κ2) is 6.16. The summed E-state index contributed by atoms with van der Waals surface area (Å²) in [6, 6.07) is 7.17. The Hall–Kier alpha value is -2.14. The van der Waals surface area contributed by atoms with Gasteiger partial charge in [-0.05, 0) is 31.4 Å². The van der Waals surface area contributed by atoms with Crippen LogP contribution in [0.15, 0.2) is 33.5 Å². The van der Waals surface area contributed by atoms with Crippen LogP contribution in [0.2, 0.25) is 0 Å². The lowest BCUT2D eigenvalue weighted by Crippen LogP contribution is -2.40. The molecular weight excluding hydrogens is 294 g/mol. The van der Waals surface area contributed by atoms with Gasteiger partial charge in [-0.3, -0.25) is 4.79 Å². The molecule has 0 atom stereocenters. The molecule has 1 amide bonds. The third kappa shape index (κ3) is 2.88. The number of aryl methyl sites for hydroxylation is 1. The number of nitrogens with one attached hydrogen (secondary N) is 1. The molecule has 1 aromatic carbocycles. The van der Waals surface area contributed by atoms with E-state index < -0.39 is 11.5 Å². The molecule has 0 spiro atoms. The van der Waals surface area contributed by atoms with Crippen LogP contribution in [-0.2, 0) is 0 Å². The Kier molecular flexibility index (Phi) is 4.22. The molecule has 2 N–H and O–H groups in total. The van der Waals surface area contributed by atoms with Crippen molar-refractivity contribution in [2.45, 2.75) is 32.6 Å². The lowest BCUT2D eigenvalue weighted by atomic mass is 9.87. The summed E-state index contributed by atoms with van der Waals surface area (Å²) in [5.41, 5.74) is 0.284. The summed E-state index contributed by atoms with van der Waals surface area (Å²) in [6.07, 6.45) is 3.92. The molecule has 1 heterocycles. The van der Waals surface area contributed by atoms with E-state index in [1.807, 2.05) is 12.1 Å². The van der Waals surface area contributed by atoms with Gasteiger partial charge in [0.2, 0.25) is 0 Å². The number of fused-ring (bicyclic) bond motifs is 1. The van der Waals surface area contributed by atoms with Crippen LogP contribution in [0.5, 0.6) is 0 Å². The molecule has 0 aliphatic heterocycles. The Morgan fingerprint density at radius 2 is 2.00 bits per heavy atom. The molecule has 23 heavy (non-hydrogen) atoms. The number of aliphatic hydroxyl groups excluding tert-OH is 1. The standard InChI is InChI=1S/C18H21NO4/c1-12-13-6-2-3-7-14(13)23-17(22)15(12)16(21)19-10-18(11-20)8-4-5-9-18/h2-3,6-7,20H,4-5,8-11H2,1H3,(H,19,21). The largest absolute Gasteiger partial charge is 0.422 e. The zero-order chi connectivity index (χ0) is 16.4. The molecule has 2 aromatic rings. The Morgan fingerprint density at radius 1 is 1.30 bits per heavy atom. The molecule has 1 saturated carbocycles. The van der Waals surface area contributed by atoms with Crippen molar-refractivity contribution in [1.29, 1.82) is 0 Å². The van der Waals surface area contributed by atoms with Crippen molar-refractivity contribution in [2.24, 2.45) is 5.41 Å². The van der Waals surface area contributed by atoms with Crippen LogP contribution in [0.3, 0.4) is 0 Å². The van der Waals surface area contributed by atoms with Crippen LogP contribution in [0.4, 0.5) is 0 Å². The molecule has 1 fully saturated rings. The molecule has 0 radical (unpaired) electrons. The number of aliphatic hydroxyl groups is 1. The Labute approximate surface area is 134 Å². The molecule has 1 aromatic heterocycles. The molecule has 0 unspecified atom stereocenters. The molecule has 5 nitrogen and oxygen atoms in total. The van der Waals surface area contributed by atoms with Crippen LogP contribution in [0.25, 0.3) is 11.0 Å². The van der Waals surface area contributed by atoms with Gasteiger partial charge in [0, 0.05) is 17.3 Å². The first-order valence-corrected chi connectivity index (χ1v) is 7.98. The number of carbonyl (C=O) groups excluding carboxylic acids is 1. The minimum Gasteiger partial charge on any atom is -0.422 e. The highest BCUT2D eigenvalue weighted by atomic mass is 16.4. The van der Waals surface area contributed by atoms with E-state index >= 15 is 0 Å². The van der Waals surface area contributed by atoms with E-state index in [1.165, 1.54) is 0 Å². The van der Waals surface area contributed by atoms with Crippen molar-refractivity contribution >= 4 is 16.9 Å². The Morgan fingerprint density at radius 3 is 2.70 bits per heavy atom. The van der Waals surface area contributed by atoms with Gasteiger partial charge in [0.1, 0.15) is 11.1 Å². The monoisotopic (exact) mass is 315 g/mol. The van der Waals surface area contributed by atoms with Crippen molar-refractivity contribution < 1.29 is 14.3 Å². The van der Waals surface area contributed by atoms with Gasteiger partial charge in [-0.25, -0.2) is 4.79 Å². The second-order valence-corrected chi connectivity index (χ2v) is 6.43. The molecule has 0 saturated heterocycles. The highest BCUT2D eigenvalue weighted by molar-refractivity contribution is 5.99. The van der Waals surface area contributed by atoms with E-state index in [9.17, 15) is 14.7 Å². The molecule has 3 rings (SSSR count). The zero-order valence-electron chi connectivity index (χ0n) is 13.2. The van der Waals surface area contributed by atoms with E-state index in [4.69, 9.17) is 4.42 Å². The molecule has 122 valence electrons. The maximum absolute atomic E-state index is 12.5. The summed E-state index contributed by atoms with van der Waals surface area (Å²) >= 11 is 0. The van der Waals surface area contributed by atoms with Crippen molar-refractivity contribution in [3.63, 3.8) is 0 Å². The minimum absolute atomic E-state index is 0.0507. The quantitative estimate of drug-likeness (QED) is 0.849. The number of para-hydroxylation sites is 1. The smallest absolute Gasteiger partial charge is 0.349 e. The summed E-state index contributed by atoms with van der Waals surface area (Å²) in [5, 5.41) is 13.2. The van der Waals surface area contributed by atoms with E-state index in [1.54, 1.807) is 19.1 Å². The van der Waals surface area contributed by atoms with Crippen LogP contribution >= 0.6 is 0 Å². The van der Waals surface area contributed by atoms with Gasteiger partial charge in [-0.1, -0.05) is 31.0 Å². The maximum Gasteiger partial charge on any atom is 0.349 e. The molecule has 5 heteroatoms. The Bertz CT molecular complexity index is 787. The van der Waals surface area contributed by atoms with Crippen molar-refractivity contribution in [3.8, 4) is 0 Å². The van der Waals surface area contributed by atoms with Crippen LogP contribution < -0.4 is 10.9 Å². The number of rotatable bonds is 4. The normalized spacial score (nSPS) is 16.6. The van der Waals surface area contributed by atoms with Crippen molar-refractivity contribution in [2.75, 3.05) is 13.2 Å². The van der Waals surface area contributed by atoms with Crippen LogP contribution in [-0.4, -0.2) is 24.2 Å². The van der Waals surface area contributed by atoms with Crippen molar-refractivity contribution in [3.05, 3.63) is 45.8 Å². The molecule has 1 aliphatic rings. The number of benzene rings is 1. The van der Waals surface area contributed by atoms with Crippen LogP contribution in [0, 0.1) is 12.3 Å². The molecule has 1 aliphatic carbocycles. The van der Waals surface area contributed by atoms with E-state index in [0.717, 1.165) is 31.1 Å². The predicted octanol–water partition coefficient (Wildman–Crippen LogP) is 2.38. The maximum atomic E-state index is 12.5. The summed E-state index contributed by atoms with van der Waals surface area (Å²) < 4.78 is 5.25.